The number of hydrogen-bond acceptors (Lipinski definition) is 5. The highest BCUT2D eigenvalue weighted by Crippen LogP contribution is 2.38. The van der Waals surface area contributed by atoms with E-state index in [2.05, 4.69) is 10.3 Å². The van der Waals surface area contributed by atoms with Crippen molar-refractivity contribution in [2.75, 3.05) is 13.1 Å². The van der Waals surface area contributed by atoms with E-state index in [1.165, 1.54) is 12.8 Å². The zero-order valence-corrected chi connectivity index (χ0v) is 16.0. The first-order valence-corrected chi connectivity index (χ1v) is 9.79. The van der Waals surface area contributed by atoms with Gasteiger partial charge in [-0.1, -0.05) is 5.16 Å². The summed E-state index contributed by atoms with van der Waals surface area (Å²) in [5, 5.41) is 8.48. The third kappa shape index (κ3) is 3.96. The van der Waals surface area contributed by atoms with Gasteiger partial charge in [0.25, 0.3) is 5.56 Å². The summed E-state index contributed by atoms with van der Waals surface area (Å²) in [6.45, 7) is 5.81. The zero-order valence-electron chi connectivity index (χ0n) is 16.0. The molecular weight excluding hydrogens is 344 g/mol. The lowest BCUT2D eigenvalue weighted by Crippen LogP contribution is -2.41. The highest BCUT2D eigenvalue weighted by atomic mass is 16.5. The molecule has 1 amide bonds. The average molecular weight is 370 g/mol. The molecule has 1 saturated heterocycles. The third-order valence-electron chi connectivity index (χ3n) is 5.79. The highest BCUT2D eigenvalue weighted by Gasteiger charge is 2.27. The van der Waals surface area contributed by atoms with Crippen molar-refractivity contribution in [3.05, 3.63) is 45.2 Å². The maximum atomic E-state index is 12.6. The maximum absolute atomic E-state index is 12.6. The monoisotopic (exact) mass is 370 g/mol. The third-order valence-corrected chi connectivity index (χ3v) is 5.79. The number of aromatic nitrogens is 3. The molecule has 0 spiro atoms. The van der Waals surface area contributed by atoms with Crippen LogP contribution in [0.3, 0.4) is 0 Å². The molecular formula is C20H26N4O3. The molecule has 2 aromatic heterocycles. The van der Waals surface area contributed by atoms with E-state index in [4.69, 9.17) is 4.52 Å². The van der Waals surface area contributed by atoms with Crippen LogP contribution in [-0.2, 0) is 17.8 Å². The fraction of sp³-hybridized carbons (Fsp3) is 0.600. The van der Waals surface area contributed by atoms with Crippen LogP contribution in [0.4, 0.5) is 0 Å². The zero-order chi connectivity index (χ0) is 19.0. The average Bonchev–Trinajstić information content (AvgIpc) is 3.46. The Bertz CT molecular complexity index is 869. The van der Waals surface area contributed by atoms with E-state index in [1.807, 2.05) is 24.8 Å². The van der Waals surface area contributed by atoms with Gasteiger partial charge in [0.05, 0.1) is 17.8 Å². The van der Waals surface area contributed by atoms with Gasteiger partial charge in [-0.2, -0.15) is 5.10 Å². The van der Waals surface area contributed by atoms with E-state index in [0.717, 1.165) is 48.6 Å². The number of hydrogen-bond donors (Lipinski definition) is 0. The van der Waals surface area contributed by atoms with Crippen LogP contribution in [0.2, 0.25) is 0 Å². The van der Waals surface area contributed by atoms with Crippen molar-refractivity contribution in [1.82, 2.24) is 19.8 Å². The summed E-state index contributed by atoms with van der Waals surface area (Å²) in [4.78, 5) is 26.6. The number of aryl methyl sites for hydroxylation is 2. The molecule has 1 aliphatic heterocycles. The van der Waals surface area contributed by atoms with Gasteiger partial charge in [-0.3, -0.25) is 9.59 Å². The molecule has 27 heavy (non-hydrogen) atoms. The first-order chi connectivity index (χ1) is 13.0. The Morgan fingerprint density at radius 2 is 1.93 bits per heavy atom. The van der Waals surface area contributed by atoms with E-state index in [-0.39, 0.29) is 11.5 Å². The van der Waals surface area contributed by atoms with E-state index < -0.39 is 0 Å². The first-order valence-electron chi connectivity index (χ1n) is 9.79. The lowest BCUT2D eigenvalue weighted by atomic mass is 9.96. The van der Waals surface area contributed by atoms with Gasteiger partial charge in [0, 0.05) is 37.2 Å². The highest BCUT2D eigenvalue weighted by molar-refractivity contribution is 5.79. The Morgan fingerprint density at radius 3 is 2.56 bits per heavy atom. The second kappa shape index (κ2) is 7.29. The van der Waals surface area contributed by atoms with Gasteiger partial charge in [0.1, 0.15) is 5.76 Å². The molecule has 0 N–H and O–H groups in total. The van der Waals surface area contributed by atoms with Crippen LogP contribution in [0.5, 0.6) is 0 Å². The van der Waals surface area contributed by atoms with Crippen LogP contribution in [0.15, 0.2) is 21.5 Å². The Kier molecular flexibility index (Phi) is 4.85. The summed E-state index contributed by atoms with van der Waals surface area (Å²) in [6, 6.07) is 3.51. The second-order valence-corrected chi connectivity index (χ2v) is 7.86. The van der Waals surface area contributed by atoms with E-state index in [9.17, 15) is 9.59 Å². The molecule has 0 aromatic carbocycles. The number of rotatable bonds is 5. The van der Waals surface area contributed by atoms with Crippen molar-refractivity contribution in [3.8, 4) is 0 Å². The van der Waals surface area contributed by atoms with Gasteiger partial charge < -0.3 is 9.42 Å². The Balaban J connectivity index is 1.33. The smallest absolute Gasteiger partial charge is 0.266 e. The number of carbonyl (C=O) groups excluding carboxylic acids is 1. The number of amides is 1. The van der Waals surface area contributed by atoms with Gasteiger partial charge in [0.2, 0.25) is 5.91 Å². The molecule has 0 atom stereocenters. The van der Waals surface area contributed by atoms with Crippen LogP contribution in [-0.4, -0.2) is 38.8 Å². The second-order valence-electron chi connectivity index (χ2n) is 7.86. The quantitative estimate of drug-likeness (QED) is 0.806. The Morgan fingerprint density at radius 1 is 1.19 bits per heavy atom. The number of nitrogens with zero attached hydrogens (tertiary/aromatic N) is 4. The van der Waals surface area contributed by atoms with Crippen molar-refractivity contribution < 1.29 is 9.32 Å². The molecule has 7 heteroatoms. The largest absolute Gasteiger partial charge is 0.361 e. The van der Waals surface area contributed by atoms with Gasteiger partial charge in [-0.25, -0.2) is 4.68 Å². The van der Waals surface area contributed by atoms with Gasteiger partial charge in [-0.15, -0.1) is 0 Å². The molecule has 144 valence electrons. The summed E-state index contributed by atoms with van der Waals surface area (Å²) >= 11 is 0. The summed E-state index contributed by atoms with van der Waals surface area (Å²) in [7, 11) is 0. The Hall–Kier alpha value is -2.44. The van der Waals surface area contributed by atoms with Crippen molar-refractivity contribution in [2.24, 2.45) is 5.92 Å². The summed E-state index contributed by atoms with van der Waals surface area (Å²) in [5.41, 5.74) is 2.70. The van der Waals surface area contributed by atoms with Crippen molar-refractivity contribution in [2.45, 2.75) is 58.4 Å². The molecule has 0 bridgehead atoms. The predicted octanol–water partition coefficient (Wildman–Crippen LogP) is 2.21. The molecule has 3 heterocycles. The van der Waals surface area contributed by atoms with Gasteiger partial charge in [0.15, 0.2) is 0 Å². The fourth-order valence-corrected chi connectivity index (χ4v) is 3.82. The number of carbonyl (C=O) groups is 1. The van der Waals surface area contributed by atoms with Crippen LogP contribution >= 0.6 is 0 Å². The molecule has 4 rings (SSSR count). The minimum absolute atomic E-state index is 0.0312. The number of likely N-dealkylation sites (tertiary alicyclic amines) is 1. The molecule has 2 fully saturated rings. The molecule has 1 saturated carbocycles. The van der Waals surface area contributed by atoms with Crippen molar-refractivity contribution in [1.29, 1.82) is 0 Å². The van der Waals surface area contributed by atoms with Crippen LogP contribution in [0.1, 0.15) is 54.3 Å². The van der Waals surface area contributed by atoms with Crippen LogP contribution in [0.25, 0.3) is 0 Å². The van der Waals surface area contributed by atoms with Crippen molar-refractivity contribution >= 4 is 5.91 Å². The molecule has 1 aliphatic carbocycles. The van der Waals surface area contributed by atoms with Crippen LogP contribution < -0.4 is 5.56 Å². The van der Waals surface area contributed by atoms with E-state index in [0.29, 0.717) is 24.8 Å². The van der Waals surface area contributed by atoms with E-state index >= 15 is 0 Å². The molecule has 0 radical (unpaired) electrons. The van der Waals surface area contributed by atoms with Gasteiger partial charge >= 0.3 is 0 Å². The lowest BCUT2D eigenvalue weighted by Gasteiger charge is -2.32. The fourth-order valence-electron chi connectivity index (χ4n) is 3.82. The standard InChI is InChI=1S/C20H26N4O3/c1-13-17(14(2)27-22-13)11-20(26)23-9-7-15(8-10-23)12-24-19(25)6-5-18(21-24)16-3-4-16/h5-6,15-16H,3-4,7-12H2,1-2H3. The molecule has 0 unspecified atom stereocenters. The van der Waals surface area contributed by atoms with Gasteiger partial charge in [-0.05, 0) is 51.5 Å². The van der Waals surface area contributed by atoms with Crippen LogP contribution in [0, 0.1) is 19.8 Å². The maximum Gasteiger partial charge on any atom is 0.266 e. The van der Waals surface area contributed by atoms with E-state index in [1.54, 1.807) is 10.7 Å². The molecule has 2 aliphatic rings. The SMILES string of the molecule is Cc1noc(C)c1CC(=O)N1CCC(Cn2nc(C3CC3)ccc2=O)CC1. The predicted molar refractivity (Wildman–Crippen MR) is 99.5 cm³/mol. The Labute approximate surface area is 158 Å². The minimum atomic E-state index is -0.0312. The van der Waals surface area contributed by atoms with Crippen molar-refractivity contribution in [3.63, 3.8) is 0 Å². The first kappa shape index (κ1) is 17.9. The number of piperidine rings is 1. The minimum Gasteiger partial charge on any atom is -0.361 e. The molecule has 2 aromatic rings. The summed E-state index contributed by atoms with van der Waals surface area (Å²) < 4.78 is 6.77. The molecule has 7 nitrogen and oxygen atoms in total. The lowest BCUT2D eigenvalue weighted by molar-refractivity contribution is -0.131. The normalized spacial score (nSPS) is 18.1. The topological polar surface area (TPSA) is 81.2 Å². The summed E-state index contributed by atoms with van der Waals surface area (Å²) in [5.74, 6) is 1.76. The summed E-state index contributed by atoms with van der Waals surface area (Å²) in [6.07, 6.45) is 4.49.